The summed E-state index contributed by atoms with van der Waals surface area (Å²) in [6.45, 7) is 4.70. The van der Waals surface area contributed by atoms with E-state index in [1.807, 2.05) is 6.92 Å². The monoisotopic (exact) mass is 241 g/mol. The fourth-order valence-electron chi connectivity index (χ4n) is 1.77. The zero-order valence-corrected chi connectivity index (χ0v) is 11.8. The highest BCUT2D eigenvalue weighted by Crippen LogP contribution is 2.15. The predicted molar refractivity (Wildman–Crippen MR) is 68.8 cm³/mol. The maximum absolute atomic E-state index is 10.8. The van der Waals surface area contributed by atoms with E-state index in [0.717, 1.165) is 19.1 Å². The van der Waals surface area contributed by atoms with E-state index < -0.39 is 5.22 Å². The first-order valence-electron chi connectivity index (χ1n) is 6.53. The molecule has 0 fully saturated rings. The van der Waals surface area contributed by atoms with Gasteiger partial charge in [0.25, 0.3) is 0 Å². The molecular formula is C13H25O2Si. The van der Waals surface area contributed by atoms with Gasteiger partial charge in [-0.25, -0.2) is 0 Å². The quantitative estimate of drug-likeness (QED) is 0.315. The Hall–Kier alpha value is -0.153. The third kappa shape index (κ3) is 8.05. The number of hydrogen-bond donors (Lipinski definition) is 0. The van der Waals surface area contributed by atoms with Gasteiger partial charge in [-0.05, 0) is 13.3 Å². The van der Waals surface area contributed by atoms with Gasteiger partial charge in [-0.2, -0.15) is 0 Å². The first kappa shape index (κ1) is 15.8. The molecule has 0 saturated heterocycles. The molecule has 16 heavy (non-hydrogen) atoms. The van der Waals surface area contributed by atoms with Crippen molar-refractivity contribution in [1.82, 2.24) is 0 Å². The van der Waals surface area contributed by atoms with Gasteiger partial charge in [0, 0.05) is 6.61 Å². The molecule has 0 rings (SSSR count). The summed E-state index contributed by atoms with van der Waals surface area (Å²) in [6, 6.07) is 0. The van der Waals surface area contributed by atoms with Crippen LogP contribution in [0.1, 0.15) is 65.2 Å². The minimum absolute atomic E-state index is 0.568. The van der Waals surface area contributed by atoms with Gasteiger partial charge < -0.3 is 9.53 Å². The zero-order chi connectivity index (χ0) is 12.3. The Morgan fingerprint density at radius 1 is 1.06 bits per heavy atom. The number of ether oxygens (including phenoxy) is 1. The number of aldehydes is 1. The summed E-state index contributed by atoms with van der Waals surface area (Å²) < 4.78 is 5.37. The topological polar surface area (TPSA) is 26.3 Å². The van der Waals surface area contributed by atoms with Crippen LogP contribution in [0.2, 0.25) is 0 Å². The summed E-state index contributed by atoms with van der Waals surface area (Å²) in [4.78, 5) is 10.8. The highest BCUT2D eigenvalue weighted by molar-refractivity contribution is 6.23. The van der Waals surface area contributed by atoms with Gasteiger partial charge in [0.2, 0.25) is 0 Å². The molecule has 0 saturated carbocycles. The van der Waals surface area contributed by atoms with Crippen LogP contribution < -0.4 is 0 Å². The molecule has 93 valence electrons. The summed E-state index contributed by atoms with van der Waals surface area (Å²) in [5, 5.41) is -0.738. The highest BCUT2D eigenvalue weighted by Gasteiger charge is 2.22. The van der Waals surface area contributed by atoms with E-state index in [2.05, 4.69) is 17.2 Å². The number of carbonyl (C=O) groups is 1. The molecule has 2 nitrogen and oxygen atoms in total. The molecule has 0 aromatic heterocycles. The molecule has 0 aromatic carbocycles. The second-order valence-corrected chi connectivity index (χ2v) is 5.16. The molecule has 0 heterocycles. The van der Waals surface area contributed by atoms with Gasteiger partial charge in [-0.3, -0.25) is 0 Å². The smallest absolute Gasteiger partial charge is 0.147 e. The van der Waals surface area contributed by atoms with Gasteiger partial charge in [0.15, 0.2) is 0 Å². The molecule has 0 aliphatic rings. The van der Waals surface area contributed by atoms with Crippen molar-refractivity contribution < 1.29 is 9.53 Å². The average Bonchev–Trinajstić information content (AvgIpc) is 2.28. The Bertz CT molecular complexity index is 173. The molecule has 0 N–H and O–H groups in total. The summed E-state index contributed by atoms with van der Waals surface area (Å²) in [7, 11) is 3.40. The molecule has 3 heteroatoms. The maximum atomic E-state index is 10.8. The van der Waals surface area contributed by atoms with Crippen LogP contribution in [0.5, 0.6) is 0 Å². The molecule has 0 amide bonds. The second kappa shape index (κ2) is 10.0. The fraction of sp³-hybridized carbons (Fsp3) is 0.923. The minimum Gasteiger partial charge on any atom is -0.372 e. The third-order valence-electron chi connectivity index (χ3n) is 2.74. The van der Waals surface area contributed by atoms with Gasteiger partial charge in [0.05, 0.1) is 10.2 Å². The van der Waals surface area contributed by atoms with Crippen molar-refractivity contribution >= 4 is 16.5 Å². The van der Waals surface area contributed by atoms with E-state index in [-0.39, 0.29) is 0 Å². The van der Waals surface area contributed by atoms with Crippen LogP contribution in [0.25, 0.3) is 0 Å². The van der Waals surface area contributed by atoms with Crippen molar-refractivity contribution in [3.8, 4) is 0 Å². The average molecular weight is 241 g/mol. The summed E-state index contributed by atoms with van der Waals surface area (Å²) in [6.07, 6.45) is 10.4. The van der Waals surface area contributed by atoms with Crippen molar-refractivity contribution in [3.63, 3.8) is 0 Å². The predicted octanol–water partition coefficient (Wildman–Crippen LogP) is 3.23. The van der Waals surface area contributed by atoms with E-state index >= 15 is 0 Å². The largest absolute Gasteiger partial charge is 0.372 e. The first-order chi connectivity index (χ1) is 7.68. The zero-order valence-electron chi connectivity index (χ0n) is 10.8. The van der Waals surface area contributed by atoms with E-state index in [4.69, 9.17) is 4.74 Å². The Kier molecular flexibility index (Phi) is 9.93. The second-order valence-electron chi connectivity index (χ2n) is 4.31. The molecule has 1 atom stereocenters. The van der Waals surface area contributed by atoms with Crippen molar-refractivity contribution in [1.29, 1.82) is 0 Å². The standard InChI is InChI=1S/C13H25O2Si/c1-3-5-6-7-8-9-10-11-13(16,12-14)15-4-2/h12H,3-11H2,1-2H3. The van der Waals surface area contributed by atoms with Crippen LogP contribution in [0, 0.1) is 0 Å². The number of hydrogen-bond acceptors (Lipinski definition) is 2. The molecule has 0 aliphatic heterocycles. The minimum atomic E-state index is -0.738. The highest BCUT2D eigenvalue weighted by atomic mass is 28.1. The van der Waals surface area contributed by atoms with Crippen molar-refractivity contribution in [2.45, 2.75) is 70.4 Å². The van der Waals surface area contributed by atoms with E-state index in [9.17, 15) is 4.79 Å². The van der Waals surface area contributed by atoms with Crippen molar-refractivity contribution in [2.75, 3.05) is 6.61 Å². The van der Waals surface area contributed by atoms with E-state index in [1.165, 1.54) is 38.5 Å². The fourth-order valence-corrected chi connectivity index (χ4v) is 2.09. The molecule has 0 aliphatic carbocycles. The third-order valence-corrected chi connectivity index (χ3v) is 3.26. The summed E-state index contributed by atoms with van der Waals surface area (Å²) >= 11 is 0. The number of unbranched alkanes of at least 4 members (excludes halogenated alkanes) is 6. The summed E-state index contributed by atoms with van der Waals surface area (Å²) in [5.74, 6) is 0. The van der Waals surface area contributed by atoms with Crippen LogP contribution in [-0.4, -0.2) is 28.4 Å². The van der Waals surface area contributed by atoms with Crippen LogP contribution in [0.3, 0.4) is 0 Å². The van der Waals surface area contributed by atoms with E-state index in [1.54, 1.807) is 0 Å². The number of rotatable bonds is 11. The lowest BCUT2D eigenvalue weighted by Crippen LogP contribution is -2.35. The van der Waals surface area contributed by atoms with Crippen LogP contribution >= 0.6 is 0 Å². The van der Waals surface area contributed by atoms with Gasteiger partial charge in [-0.1, -0.05) is 51.9 Å². The first-order valence-corrected chi connectivity index (χ1v) is 7.03. The normalized spacial score (nSPS) is 14.7. The maximum Gasteiger partial charge on any atom is 0.147 e. The lowest BCUT2D eigenvalue weighted by Gasteiger charge is -2.22. The van der Waals surface area contributed by atoms with Gasteiger partial charge in [-0.15, -0.1) is 0 Å². The molecule has 0 bridgehead atoms. The Morgan fingerprint density at radius 3 is 2.12 bits per heavy atom. The molecular weight excluding hydrogens is 216 g/mol. The molecule has 1 unspecified atom stereocenters. The molecule has 3 radical (unpaired) electrons. The lowest BCUT2D eigenvalue weighted by molar-refractivity contribution is -0.122. The van der Waals surface area contributed by atoms with Crippen LogP contribution in [-0.2, 0) is 9.53 Å². The van der Waals surface area contributed by atoms with Crippen LogP contribution in [0.15, 0.2) is 0 Å². The van der Waals surface area contributed by atoms with Gasteiger partial charge >= 0.3 is 0 Å². The van der Waals surface area contributed by atoms with Gasteiger partial charge in [0.1, 0.15) is 11.5 Å². The summed E-state index contributed by atoms with van der Waals surface area (Å²) in [5.41, 5.74) is 0. The van der Waals surface area contributed by atoms with Crippen molar-refractivity contribution in [3.05, 3.63) is 0 Å². The molecule has 0 spiro atoms. The van der Waals surface area contributed by atoms with E-state index in [0.29, 0.717) is 6.61 Å². The van der Waals surface area contributed by atoms with Crippen LogP contribution in [0.4, 0.5) is 0 Å². The Morgan fingerprint density at radius 2 is 1.62 bits per heavy atom. The lowest BCUT2D eigenvalue weighted by atomic mass is 10.1. The number of carbonyl (C=O) groups excluding carboxylic acids is 1. The molecule has 0 aromatic rings. The Balaban J connectivity index is 3.44. The Labute approximate surface area is 104 Å². The van der Waals surface area contributed by atoms with Crippen molar-refractivity contribution in [2.24, 2.45) is 0 Å². The SMILES string of the molecule is CCCCCCCCCC([Si])(C=O)OCC.